The average Bonchev–Trinajstić information content (AvgIpc) is 2.03. The van der Waals surface area contributed by atoms with Crippen molar-refractivity contribution in [1.29, 1.82) is 0 Å². The Morgan fingerprint density at radius 2 is 2.17 bits per heavy atom. The summed E-state index contributed by atoms with van der Waals surface area (Å²) in [6.07, 6.45) is 1.40. The van der Waals surface area contributed by atoms with E-state index in [0.717, 1.165) is 6.07 Å². The Bertz CT molecular complexity index is 295. The maximum Gasteiger partial charge on any atom is 0.134 e. The van der Waals surface area contributed by atoms with Gasteiger partial charge < -0.3 is 0 Å². The maximum absolute atomic E-state index is 12.8. The summed E-state index contributed by atoms with van der Waals surface area (Å²) >= 11 is 0. The molecule has 0 atom stereocenters. The molecule has 0 aliphatic heterocycles. The Balaban J connectivity index is 2.94. The van der Waals surface area contributed by atoms with Crippen LogP contribution >= 0.6 is 0 Å². The van der Waals surface area contributed by atoms with Crippen LogP contribution in [0.15, 0.2) is 23.2 Å². The molecule has 0 aliphatic rings. The van der Waals surface area contributed by atoms with Crippen molar-refractivity contribution in [2.24, 2.45) is 4.99 Å². The number of nitrogens with zero attached hydrogens (tertiary/aromatic N) is 1. The SMILES string of the molecule is CCN=Cc1ccc(F)cc1F. The molecule has 3 heteroatoms. The minimum absolute atomic E-state index is 0.318. The Labute approximate surface area is 69.8 Å². The summed E-state index contributed by atoms with van der Waals surface area (Å²) in [4.78, 5) is 3.85. The van der Waals surface area contributed by atoms with Crippen molar-refractivity contribution in [3.05, 3.63) is 35.4 Å². The highest BCUT2D eigenvalue weighted by molar-refractivity contribution is 5.79. The van der Waals surface area contributed by atoms with E-state index in [2.05, 4.69) is 4.99 Å². The van der Waals surface area contributed by atoms with E-state index in [4.69, 9.17) is 0 Å². The van der Waals surface area contributed by atoms with E-state index in [-0.39, 0.29) is 0 Å². The van der Waals surface area contributed by atoms with Crippen LogP contribution in [0.3, 0.4) is 0 Å². The van der Waals surface area contributed by atoms with Crippen LogP contribution in [0, 0.1) is 11.6 Å². The van der Waals surface area contributed by atoms with Crippen LogP contribution in [0.2, 0.25) is 0 Å². The fourth-order valence-electron chi connectivity index (χ4n) is 0.796. The molecule has 0 unspecified atom stereocenters. The summed E-state index contributed by atoms with van der Waals surface area (Å²) in [6.45, 7) is 2.44. The van der Waals surface area contributed by atoms with Crippen molar-refractivity contribution >= 4 is 6.21 Å². The summed E-state index contributed by atoms with van der Waals surface area (Å²) in [7, 11) is 0. The van der Waals surface area contributed by atoms with Crippen LogP contribution in [0.1, 0.15) is 12.5 Å². The van der Waals surface area contributed by atoms with Crippen molar-refractivity contribution < 1.29 is 8.78 Å². The molecule has 0 amide bonds. The first-order valence-electron chi connectivity index (χ1n) is 3.69. The summed E-state index contributed by atoms with van der Waals surface area (Å²) in [6, 6.07) is 3.42. The highest BCUT2D eigenvalue weighted by Gasteiger charge is 1.99. The first kappa shape index (κ1) is 8.84. The minimum Gasteiger partial charge on any atom is -0.293 e. The van der Waals surface area contributed by atoms with Gasteiger partial charge in [-0.2, -0.15) is 0 Å². The van der Waals surface area contributed by atoms with Crippen LogP contribution in [-0.4, -0.2) is 12.8 Å². The molecule has 0 fully saturated rings. The maximum atomic E-state index is 12.8. The minimum atomic E-state index is -0.577. The third-order valence-electron chi connectivity index (χ3n) is 1.38. The molecule has 12 heavy (non-hydrogen) atoms. The molecule has 0 heterocycles. The first-order chi connectivity index (χ1) is 5.74. The molecule has 0 N–H and O–H groups in total. The zero-order chi connectivity index (χ0) is 8.97. The third kappa shape index (κ3) is 2.12. The van der Waals surface area contributed by atoms with Crippen LogP contribution in [0.4, 0.5) is 8.78 Å². The standard InChI is InChI=1S/C9H9F2N/c1-2-12-6-7-3-4-8(10)5-9(7)11/h3-6H,2H2,1H3. The lowest BCUT2D eigenvalue weighted by molar-refractivity contribution is 0.582. The number of hydrogen-bond acceptors (Lipinski definition) is 1. The molecule has 1 aromatic rings. The molecule has 1 rings (SSSR count). The van der Waals surface area contributed by atoms with Crippen LogP contribution in [-0.2, 0) is 0 Å². The Morgan fingerprint density at radius 1 is 1.42 bits per heavy atom. The number of halogens is 2. The molecule has 0 aliphatic carbocycles. The lowest BCUT2D eigenvalue weighted by Gasteiger charge is -1.94. The van der Waals surface area contributed by atoms with E-state index in [1.807, 2.05) is 6.92 Å². The summed E-state index contributed by atoms with van der Waals surface area (Å²) in [5, 5.41) is 0. The predicted molar refractivity (Wildman–Crippen MR) is 44.5 cm³/mol. The summed E-state index contributed by atoms with van der Waals surface area (Å²) < 4.78 is 25.2. The smallest absolute Gasteiger partial charge is 0.134 e. The predicted octanol–water partition coefficient (Wildman–Crippen LogP) is 2.40. The van der Waals surface area contributed by atoms with Crippen molar-refractivity contribution in [3.63, 3.8) is 0 Å². The topological polar surface area (TPSA) is 12.4 Å². The first-order valence-corrected chi connectivity index (χ1v) is 3.69. The lowest BCUT2D eigenvalue weighted by Crippen LogP contribution is -1.89. The Hall–Kier alpha value is -1.25. The van der Waals surface area contributed by atoms with Crippen molar-refractivity contribution in [1.82, 2.24) is 0 Å². The van der Waals surface area contributed by atoms with E-state index < -0.39 is 11.6 Å². The largest absolute Gasteiger partial charge is 0.293 e. The fourth-order valence-corrected chi connectivity index (χ4v) is 0.796. The van der Waals surface area contributed by atoms with E-state index in [1.54, 1.807) is 0 Å². The average molecular weight is 169 g/mol. The van der Waals surface area contributed by atoms with Gasteiger partial charge in [0.15, 0.2) is 0 Å². The van der Waals surface area contributed by atoms with Gasteiger partial charge in [0, 0.05) is 24.4 Å². The fraction of sp³-hybridized carbons (Fsp3) is 0.222. The van der Waals surface area contributed by atoms with Crippen molar-refractivity contribution in [3.8, 4) is 0 Å². The third-order valence-corrected chi connectivity index (χ3v) is 1.38. The Kier molecular flexibility index (Phi) is 2.91. The van der Waals surface area contributed by atoms with Gasteiger partial charge in [0.05, 0.1) is 0 Å². The van der Waals surface area contributed by atoms with Gasteiger partial charge in [-0.15, -0.1) is 0 Å². The normalized spacial score (nSPS) is 10.9. The number of aliphatic imine (C=N–C) groups is 1. The van der Waals surface area contributed by atoms with Crippen LogP contribution in [0.5, 0.6) is 0 Å². The Morgan fingerprint density at radius 3 is 2.75 bits per heavy atom. The monoisotopic (exact) mass is 169 g/mol. The number of rotatable bonds is 2. The van der Waals surface area contributed by atoms with Gasteiger partial charge in [0.1, 0.15) is 11.6 Å². The number of hydrogen-bond donors (Lipinski definition) is 0. The molecular weight excluding hydrogens is 160 g/mol. The second-order valence-electron chi connectivity index (χ2n) is 2.29. The second-order valence-corrected chi connectivity index (χ2v) is 2.29. The molecule has 1 nitrogen and oxygen atoms in total. The van der Waals surface area contributed by atoms with Gasteiger partial charge in [-0.1, -0.05) is 0 Å². The van der Waals surface area contributed by atoms with E-state index in [9.17, 15) is 8.78 Å². The summed E-state index contributed by atoms with van der Waals surface area (Å²) in [5.41, 5.74) is 0.318. The molecular formula is C9H9F2N. The highest BCUT2D eigenvalue weighted by atomic mass is 19.1. The summed E-state index contributed by atoms with van der Waals surface area (Å²) in [5.74, 6) is -1.15. The van der Waals surface area contributed by atoms with Gasteiger partial charge >= 0.3 is 0 Å². The van der Waals surface area contributed by atoms with Gasteiger partial charge in [0.25, 0.3) is 0 Å². The molecule has 1 aromatic carbocycles. The molecule has 0 saturated carbocycles. The molecule has 64 valence electrons. The second kappa shape index (κ2) is 3.95. The van der Waals surface area contributed by atoms with Crippen LogP contribution in [0.25, 0.3) is 0 Å². The highest BCUT2D eigenvalue weighted by Crippen LogP contribution is 2.06. The van der Waals surface area contributed by atoms with E-state index >= 15 is 0 Å². The molecule has 0 radical (unpaired) electrons. The van der Waals surface area contributed by atoms with Crippen molar-refractivity contribution in [2.45, 2.75) is 6.92 Å². The molecule has 0 bridgehead atoms. The van der Waals surface area contributed by atoms with Gasteiger partial charge in [-0.05, 0) is 19.1 Å². The lowest BCUT2D eigenvalue weighted by atomic mass is 10.2. The molecule has 0 spiro atoms. The van der Waals surface area contributed by atoms with Gasteiger partial charge in [-0.3, -0.25) is 4.99 Å². The quantitative estimate of drug-likeness (QED) is 0.603. The number of benzene rings is 1. The van der Waals surface area contributed by atoms with E-state index in [1.165, 1.54) is 18.3 Å². The van der Waals surface area contributed by atoms with Crippen LogP contribution < -0.4 is 0 Å². The van der Waals surface area contributed by atoms with Gasteiger partial charge in [-0.25, -0.2) is 8.78 Å². The van der Waals surface area contributed by atoms with E-state index in [0.29, 0.717) is 12.1 Å². The zero-order valence-corrected chi connectivity index (χ0v) is 6.72. The van der Waals surface area contributed by atoms with Gasteiger partial charge in [0.2, 0.25) is 0 Å². The molecule has 0 aromatic heterocycles. The zero-order valence-electron chi connectivity index (χ0n) is 6.72. The van der Waals surface area contributed by atoms with Crippen molar-refractivity contribution in [2.75, 3.05) is 6.54 Å². The molecule has 0 saturated heterocycles.